The van der Waals surface area contributed by atoms with Crippen molar-refractivity contribution < 1.29 is 0 Å². The van der Waals surface area contributed by atoms with E-state index < -0.39 is 0 Å². The van der Waals surface area contributed by atoms with Crippen molar-refractivity contribution in [1.29, 1.82) is 0 Å². The molecule has 4 nitrogen and oxygen atoms in total. The highest BCUT2D eigenvalue weighted by molar-refractivity contribution is 5.41. The molecule has 2 aliphatic rings. The number of rotatable bonds is 2. The van der Waals surface area contributed by atoms with Crippen molar-refractivity contribution >= 4 is 5.82 Å². The molecule has 1 aliphatic carbocycles. The quantitative estimate of drug-likeness (QED) is 0.900. The average Bonchev–Trinajstić information content (AvgIpc) is 2.80. The van der Waals surface area contributed by atoms with Gasteiger partial charge < -0.3 is 10.6 Å². The van der Waals surface area contributed by atoms with E-state index in [0.29, 0.717) is 12.0 Å². The van der Waals surface area contributed by atoms with Gasteiger partial charge in [0.15, 0.2) is 0 Å². The summed E-state index contributed by atoms with van der Waals surface area (Å²) in [5.41, 5.74) is 7.19. The van der Waals surface area contributed by atoms with Gasteiger partial charge in [0.05, 0.1) is 0 Å². The first-order chi connectivity index (χ1) is 9.52. The molecule has 1 saturated carbocycles. The molecular formula is C16H26N4. The van der Waals surface area contributed by atoms with Crippen molar-refractivity contribution in [2.24, 2.45) is 17.6 Å². The van der Waals surface area contributed by atoms with Gasteiger partial charge in [-0.1, -0.05) is 13.8 Å². The number of anilines is 1. The molecule has 1 unspecified atom stereocenters. The molecule has 1 aliphatic heterocycles. The second-order valence-electron chi connectivity index (χ2n) is 6.88. The minimum absolute atomic E-state index is 0.381. The second kappa shape index (κ2) is 5.32. The Kier molecular flexibility index (Phi) is 3.67. The standard InChI is InChI=1S/C16H26N4/c1-10(2)16-18-11(3)6-15(19-16)20-8-12-4-5-14(17)7-13(12)9-20/h6,10,12-14H,4-5,7-9,17H2,1-3H3/t12-,13+,14?/m1/s1. The van der Waals surface area contributed by atoms with Crippen molar-refractivity contribution in [2.45, 2.75) is 52.0 Å². The molecule has 1 aromatic rings. The average molecular weight is 274 g/mol. The molecule has 1 saturated heterocycles. The van der Waals surface area contributed by atoms with Gasteiger partial charge in [0, 0.05) is 36.8 Å². The molecule has 20 heavy (non-hydrogen) atoms. The van der Waals surface area contributed by atoms with Gasteiger partial charge in [-0.3, -0.25) is 0 Å². The van der Waals surface area contributed by atoms with E-state index in [-0.39, 0.29) is 0 Å². The Morgan fingerprint density at radius 3 is 2.70 bits per heavy atom. The maximum atomic E-state index is 6.12. The van der Waals surface area contributed by atoms with E-state index in [9.17, 15) is 0 Å². The molecule has 0 aromatic carbocycles. The largest absolute Gasteiger partial charge is 0.356 e. The molecule has 2 heterocycles. The van der Waals surface area contributed by atoms with Gasteiger partial charge in [-0.25, -0.2) is 9.97 Å². The number of hydrogen-bond acceptors (Lipinski definition) is 4. The topological polar surface area (TPSA) is 55.0 Å². The highest BCUT2D eigenvalue weighted by atomic mass is 15.2. The van der Waals surface area contributed by atoms with Crippen LogP contribution in [0.2, 0.25) is 0 Å². The van der Waals surface area contributed by atoms with Crippen molar-refractivity contribution in [3.63, 3.8) is 0 Å². The SMILES string of the molecule is Cc1cc(N2C[C@H]3CCC(N)C[C@H]3C2)nc(C(C)C)n1. The van der Waals surface area contributed by atoms with Gasteiger partial charge in [0.2, 0.25) is 0 Å². The third-order valence-electron chi connectivity index (χ3n) is 4.79. The lowest BCUT2D eigenvalue weighted by atomic mass is 9.79. The number of nitrogens with two attached hydrogens (primary N) is 1. The molecule has 2 fully saturated rings. The molecule has 2 N–H and O–H groups in total. The zero-order valence-electron chi connectivity index (χ0n) is 12.8. The minimum Gasteiger partial charge on any atom is -0.356 e. The summed E-state index contributed by atoms with van der Waals surface area (Å²) in [5, 5.41) is 0. The van der Waals surface area contributed by atoms with Crippen molar-refractivity contribution in [3.8, 4) is 0 Å². The van der Waals surface area contributed by atoms with Gasteiger partial charge in [0.1, 0.15) is 11.6 Å². The van der Waals surface area contributed by atoms with Gasteiger partial charge in [-0.2, -0.15) is 0 Å². The lowest BCUT2D eigenvalue weighted by molar-refractivity contribution is 0.271. The normalized spacial score (nSPS) is 29.9. The molecule has 4 heteroatoms. The summed E-state index contributed by atoms with van der Waals surface area (Å²) in [6, 6.07) is 2.54. The first-order valence-electron chi connectivity index (χ1n) is 7.89. The van der Waals surface area contributed by atoms with Crippen LogP contribution in [0.4, 0.5) is 5.82 Å². The molecule has 0 amide bonds. The third kappa shape index (κ3) is 2.66. The van der Waals surface area contributed by atoms with Gasteiger partial charge >= 0.3 is 0 Å². The van der Waals surface area contributed by atoms with Crippen LogP contribution in [0.1, 0.15) is 50.5 Å². The van der Waals surface area contributed by atoms with Crippen LogP contribution in [-0.4, -0.2) is 29.1 Å². The molecule has 0 spiro atoms. The van der Waals surface area contributed by atoms with E-state index >= 15 is 0 Å². The zero-order valence-corrected chi connectivity index (χ0v) is 12.8. The first kappa shape index (κ1) is 13.8. The lowest BCUT2D eigenvalue weighted by Gasteiger charge is -2.27. The van der Waals surface area contributed by atoms with Crippen LogP contribution in [0.5, 0.6) is 0 Å². The Bertz CT molecular complexity index is 485. The number of hydrogen-bond donors (Lipinski definition) is 1. The Morgan fingerprint density at radius 1 is 1.20 bits per heavy atom. The molecular weight excluding hydrogens is 248 g/mol. The van der Waals surface area contributed by atoms with Gasteiger partial charge in [-0.05, 0) is 38.0 Å². The summed E-state index contributed by atoms with van der Waals surface area (Å²) in [6.45, 7) is 8.64. The van der Waals surface area contributed by atoms with Gasteiger partial charge in [-0.15, -0.1) is 0 Å². The fourth-order valence-corrected chi connectivity index (χ4v) is 3.65. The molecule has 0 radical (unpaired) electrons. The highest BCUT2D eigenvalue weighted by Crippen LogP contribution is 2.37. The first-order valence-corrected chi connectivity index (χ1v) is 7.89. The van der Waals surface area contributed by atoms with Crippen LogP contribution in [-0.2, 0) is 0 Å². The fourth-order valence-electron chi connectivity index (χ4n) is 3.65. The lowest BCUT2D eigenvalue weighted by Crippen LogP contribution is -2.32. The van der Waals surface area contributed by atoms with Crippen molar-refractivity contribution in [1.82, 2.24) is 9.97 Å². The maximum Gasteiger partial charge on any atom is 0.133 e. The molecule has 3 atom stereocenters. The van der Waals surface area contributed by atoms with E-state index in [1.165, 1.54) is 19.3 Å². The van der Waals surface area contributed by atoms with E-state index in [4.69, 9.17) is 10.7 Å². The maximum absolute atomic E-state index is 6.12. The van der Waals surface area contributed by atoms with Crippen LogP contribution in [0.25, 0.3) is 0 Å². The van der Waals surface area contributed by atoms with Gasteiger partial charge in [0.25, 0.3) is 0 Å². The number of fused-ring (bicyclic) bond motifs is 1. The monoisotopic (exact) mass is 274 g/mol. The molecule has 0 bridgehead atoms. The van der Waals surface area contributed by atoms with E-state index in [2.05, 4.69) is 36.7 Å². The summed E-state index contributed by atoms with van der Waals surface area (Å²) >= 11 is 0. The summed E-state index contributed by atoms with van der Waals surface area (Å²) in [7, 11) is 0. The fraction of sp³-hybridized carbons (Fsp3) is 0.750. The van der Waals surface area contributed by atoms with Crippen LogP contribution in [0.3, 0.4) is 0 Å². The van der Waals surface area contributed by atoms with Crippen LogP contribution in [0.15, 0.2) is 6.07 Å². The predicted molar refractivity (Wildman–Crippen MR) is 81.9 cm³/mol. The van der Waals surface area contributed by atoms with Crippen molar-refractivity contribution in [2.75, 3.05) is 18.0 Å². The number of aromatic nitrogens is 2. The van der Waals surface area contributed by atoms with E-state index in [1.807, 2.05) is 0 Å². The number of aryl methyl sites for hydroxylation is 1. The Morgan fingerprint density at radius 2 is 1.95 bits per heavy atom. The molecule has 1 aromatic heterocycles. The molecule has 110 valence electrons. The predicted octanol–water partition coefficient (Wildman–Crippen LogP) is 2.47. The molecule has 3 rings (SSSR count). The summed E-state index contributed by atoms with van der Waals surface area (Å²) in [6.07, 6.45) is 3.65. The highest BCUT2D eigenvalue weighted by Gasteiger charge is 2.37. The van der Waals surface area contributed by atoms with E-state index in [0.717, 1.165) is 42.3 Å². The zero-order chi connectivity index (χ0) is 14.3. The Hall–Kier alpha value is -1.16. The van der Waals surface area contributed by atoms with E-state index in [1.54, 1.807) is 0 Å². The summed E-state index contributed by atoms with van der Waals surface area (Å²) in [5.74, 6) is 4.03. The second-order valence-corrected chi connectivity index (χ2v) is 6.88. The minimum atomic E-state index is 0.381. The third-order valence-corrected chi connectivity index (χ3v) is 4.79. The van der Waals surface area contributed by atoms with Crippen LogP contribution < -0.4 is 10.6 Å². The number of nitrogens with zero attached hydrogens (tertiary/aromatic N) is 3. The smallest absolute Gasteiger partial charge is 0.133 e. The van der Waals surface area contributed by atoms with Crippen molar-refractivity contribution in [3.05, 3.63) is 17.6 Å². The Labute approximate surface area is 121 Å². The summed E-state index contributed by atoms with van der Waals surface area (Å²) < 4.78 is 0. The van der Waals surface area contributed by atoms with Crippen LogP contribution >= 0.6 is 0 Å². The van der Waals surface area contributed by atoms with Crippen LogP contribution in [0, 0.1) is 18.8 Å². The summed E-state index contributed by atoms with van der Waals surface area (Å²) in [4.78, 5) is 11.8. The Balaban J connectivity index is 1.80.